The molecule has 0 saturated carbocycles. The van der Waals surface area contributed by atoms with E-state index >= 15 is 0 Å². The highest BCUT2D eigenvalue weighted by atomic mass is 16.7. The van der Waals surface area contributed by atoms with E-state index in [1.165, 1.54) is 0 Å². The fourth-order valence-electron chi connectivity index (χ4n) is 2.94. The second kappa shape index (κ2) is 5.11. The van der Waals surface area contributed by atoms with Gasteiger partial charge in [-0.25, -0.2) is 0 Å². The van der Waals surface area contributed by atoms with E-state index in [0.717, 1.165) is 37.2 Å². The number of ether oxygens (including phenoxy) is 1. The van der Waals surface area contributed by atoms with Crippen molar-refractivity contribution in [1.29, 1.82) is 0 Å². The van der Waals surface area contributed by atoms with Gasteiger partial charge in [-0.3, -0.25) is 4.68 Å². The lowest BCUT2D eigenvalue weighted by molar-refractivity contribution is 0.00578. The third-order valence-corrected chi connectivity index (χ3v) is 5.13. The van der Waals surface area contributed by atoms with Crippen LogP contribution in [0.4, 0.5) is 0 Å². The Labute approximate surface area is 127 Å². The molecule has 2 aliphatic rings. The summed E-state index contributed by atoms with van der Waals surface area (Å²) in [7, 11) is -0.330. The van der Waals surface area contributed by atoms with Gasteiger partial charge in [0.25, 0.3) is 0 Å². The highest BCUT2D eigenvalue weighted by Crippen LogP contribution is 2.36. The monoisotopic (exact) mass is 292 g/mol. The van der Waals surface area contributed by atoms with E-state index in [9.17, 15) is 0 Å². The maximum Gasteiger partial charge on any atom is 0.498 e. The molecule has 21 heavy (non-hydrogen) atoms. The zero-order chi connectivity index (χ0) is 15.3. The molecule has 3 rings (SSSR count). The van der Waals surface area contributed by atoms with Crippen molar-refractivity contribution in [2.75, 3.05) is 13.2 Å². The molecule has 0 amide bonds. The van der Waals surface area contributed by atoms with E-state index in [-0.39, 0.29) is 18.3 Å². The molecule has 0 bridgehead atoms. The minimum Gasteiger partial charge on any atom is -0.399 e. The maximum atomic E-state index is 6.13. The average molecular weight is 292 g/mol. The molecule has 0 N–H and O–H groups in total. The Kier molecular flexibility index (Phi) is 3.67. The first kappa shape index (κ1) is 15.1. The number of hydrogen-bond donors (Lipinski definition) is 0. The summed E-state index contributed by atoms with van der Waals surface area (Å²) in [5.41, 5.74) is 1.55. The minimum absolute atomic E-state index is 0.315. The van der Waals surface area contributed by atoms with Crippen molar-refractivity contribution in [3.8, 4) is 0 Å². The molecule has 5 nitrogen and oxygen atoms in total. The summed E-state index contributed by atoms with van der Waals surface area (Å²) < 4.78 is 19.8. The zero-order valence-electron chi connectivity index (χ0n) is 13.7. The van der Waals surface area contributed by atoms with E-state index in [4.69, 9.17) is 14.0 Å². The molecule has 1 aromatic rings. The molecule has 0 radical (unpaired) electrons. The van der Waals surface area contributed by atoms with Crippen molar-refractivity contribution < 1.29 is 14.0 Å². The van der Waals surface area contributed by atoms with Crippen LogP contribution in [0.25, 0.3) is 0 Å². The number of hydrogen-bond acceptors (Lipinski definition) is 4. The average Bonchev–Trinajstić information content (AvgIpc) is 2.89. The van der Waals surface area contributed by atoms with Crippen LogP contribution in [-0.4, -0.2) is 41.3 Å². The Hall–Kier alpha value is -0.845. The van der Waals surface area contributed by atoms with E-state index in [1.54, 1.807) is 0 Å². The SMILES string of the molecule is Cc1c(B2OC(C)(C)C(C)(C)O2)cnn1C1CCOCC1. The third kappa shape index (κ3) is 2.54. The Morgan fingerprint density at radius 1 is 1.14 bits per heavy atom. The molecule has 0 atom stereocenters. The van der Waals surface area contributed by atoms with Crippen LogP contribution in [0.1, 0.15) is 52.3 Å². The molecule has 1 aromatic heterocycles. The van der Waals surface area contributed by atoms with E-state index < -0.39 is 0 Å². The molecule has 0 spiro atoms. The lowest BCUT2D eigenvalue weighted by Crippen LogP contribution is -2.41. The molecule has 6 heteroatoms. The molecule has 2 saturated heterocycles. The van der Waals surface area contributed by atoms with Gasteiger partial charge in [-0.05, 0) is 47.5 Å². The Balaban J connectivity index is 1.83. The molecule has 0 aliphatic carbocycles. The first-order valence-electron chi connectivity index (χ1n) is 7.79. The standard InChI is InChI=1S/C15H25BN2O3/c1-11-13(16-20-14(2,3)15(4,5)21-16)10-17-18(11)12-6-8-19-9-7-12/h10,12H,6-9H2,1-5H3. The molecular weight excluding hydrogens is 267 g/mol. The normalized spacial score (nSPS) is 25.5. The van der Waals surface area contributed by atoms with Crippen LogP contribution >= 0.6 is 0 Å². The largest absolute Gasteiger partial charge is 0.498 e. The van der Waals surface area contributed by atoms with Gasteiger partial charge in [0.1, 0.15) is 0 Å². The quantitative estimate of drug-likeness (QED) is 0.780. The summed E-state index contributed by atoms with van der Waals surface area (Å²) in [6, 6.07) is 0.426. The van der Waals surface area contributed by atoms with Gasteiger partial charge in [-0.15, -0.1) is 0 Å². The van der Waals surface area contributed by atoms with Crippen molar-refractivity contribution in [3.63, 3.8) is 0 Å². The predicted octanol–water partition coefficient (Wildman–Crippen LogP) is 1.84. The number of rotatable bonds is 2. The van der Waals surface area contributed by atoms with Gasteiger partial charge in [0.05, 0.1) is 17.2 Å². The fraction of sp³-hybridized carbons (Fsp3) is 0.800. The predicted molar refractivity (Wildman–Crippen MR) is 81.8 cm³/mol. The summed E-state index contributed by atoms with van der Waals surface area (Å²) in [4.78, 5) is 0. The topological polar surface area (TPSA) is 45.5 Å². The first-order chi connectivity index (χ1) is 9.82. The Bertz CT molecular complexity index is 505. The van der Waals surface area contributed by atoms with Crippen molar-refractivity contribution in [3.05, 3.63) is 11.9 Å². The van der Waals surface area contributed by atoms with Crippen LogP contribution in [0.15, 0.2) is 6.20 Å². The van der Waals surface area contributed by atoms with Gasteiger partial charge < -0.3 is 14.0 Å². The highest BCUT2D eigenvalue weighted by Gasteiger charge is 2.52. The maximum absolute atomic E-state index is 6.13. The van der Waals surface area contributed by atoms with Crippen LogP contribution in [0.2, 0.25) is 0 Å². The molecule has 2 fully saturated rings. The molecule has 0 aromatic carbocycles. The van der Waals surface area contributed by atoms with Gasteiger partial charge >= 0.3 is 7.12 Å². The van der Waals surface area contributed by atoms with Gasteiger partial charge in [-0.2, -0.15) is 5.10 Å². The summed E-state index contributed by atoms with van der Waals surface area (Å²) in [5, 5.41) is 4.58. The third-order valence-electron chi connectivity index (χ3n) is 5.13. The van der Waals surface area contributed by atoms with Gasteiger partial charge in [0.2, 0.25) is 0 Å². The molecular formula is C15H25BN2O3. The van der Waals surface area contributed by atoms with Crippen LogP contribution in [-0.2, 0) is 14.0 Å². The van der Waals surface area contributed by atoms with E-state index in [0.29, 0.717) is 6.04 Å². The smallest absolute Gasteiger partial charge is 0.399 e. The van der Waals surface area contributed by atoms with Crippen molar-refractivity contribution in [2.24, 2.45) is 0 Å². The van der Waals surface area contributed by atoms with E-state index in [2.05, 4.69) is 44.4 Å². The molecule has 3 heterocycles. The Morgan fingerprint density at radius 3 is 2.29 bits per heavy atom. The van der Waals surface area contributed by atoms with Crippen molar-refractivity contribution in [1.82, 2.24) is 9.78 Å². The van der Waals surface area contributed by atoms with Gasteiger partial charge in [0, 0.05) is 30.6 Å². The number of aromatic nitrogens is 2. The summed E-state index contributed by atoms with van der Waals surface area (Å²) >= 11 is 0. The van der Waals surface area contributed by atoms with Crippen LogP contribution in [0.3, 0.4) is 0 Å². The van der Waals surface area contributed by atoms with Crippen molar-refractivity contribution in [2.45, 2.75) is 64.7 Å². The summed E-state index contributed by atoms with van der Waals surface area (Å²) in [6.07, 6.45) is 3.93. The first-order valence-corrected chi connectivity index (χ1v) is 7.79. The van der Waals surface area contributed by atoms with Crippen LogP contribution in [0.5, 0.6) is 0 Å². The Morgan fingerprint density at radius 2 is 1.71 bits per heavy atom. The highest BCUT2D eigenvalue weighted by molar-refractivity contribution is 6.62. The van der Waals surface area contributed by atoms with Crippen LogP contribution < -0.4 is 5.46 Å². The second-order valence-corrected chi connectivity index (χ2v) is 7.06. The summed E-state index contributed by atoms with van der Waals surface area (Å²) in [5.74, 6) is 0. The van der Waals surface area contributed by atoms with Crippen LogP contribution in [0, 0.1) is 6.92 Å². The zero-order valence-corrected chi connectivity index (χ0v) is 13.7. The number of nitrogens with zero attached hydrogens (tertiary/aromatic N) is 2. The van der Waals surface area contributed by atoms with Gasteiger partial charge in [0.15, 0.2) is 0 Å². The van der Waals surface area contributed by atoms with Crippen molar-refractivity contribution >= 4 is 12.6 Å². The minimum atomic E-state index is -0.330. The lowest BCUT2D eigenvalue weighted by Gasteiger charge is -2.32. The lowest BCUT2D eigenvalue weighted by atomic mass is 9.79. The second-order valence-electron chi connectivity index (χ2n) is 7.06. The van der Waals surface area contributed by atoms with Gasteiger partial charge in [-0.1, -0.05) is 0 Å². The fourth-order valence-corrected chi connectivity index (χ4v) is 2.94. The summed E-state index contributed by atoms with van der Waals surface area (Å²) in [6.45, 7) is 12.0. The molecule has 2 aliphatic heterocycles. The van der Waals surface area contributed by atoms with E-state index in [1.807, 2.05) is 6.20 Å². The molecule has 0 unspecified atom stereocenters. The molecule has 116 valence electrons.